The number of hydrogen-bond donors (Lipinski definition) is 0. The van der Waals surface area contributed by atoms with Gasteiger partial charge < -0.3 is 0 Å². The van der Waals surface area contributed by atoms with Crippen molar-refractivity contribution in [2.45, 2.75) is 0 Å². The predicted octanol–water partition coefficient (Wildman–Crippen LogP) is 4.19. The van der Waals surface area contributed by atoms with Crippen LogP contribution < -0.4 is 5.43 Å². The van der Waals surface area contributed by atoms with Crippen LogP contribution in [0.5, 0.6) is 0 Å². The third kappa shape index (κ3) is 1.88. The van der Waals surface area contributed by atoms with Crippen molar-refractivity contribution in [3.63, 3.8) is 0 Å². The Labute approximate surface area is 146 Å². The topological polar surface area (TPSA) is 51.2 Å². The van der Waals surface area contributed by atoms with Gasteiger partial charge in [0.15, 0.2) is 11.2 Å². The highest BCUT2D eigenvalue weighted by Crippen LogP contribution is 2.33. The molecule has 0 spiro atoms. The van der Waals surface area contributed by atoms with Gasteiger partial charge in [0.05, 0.1) is 10.4 Å². The SMILES string of the molecule is O=C1c2cc3ccccc3cc2C(=O)c2c1sc1ccccc1c2=O. The molecule has 1 heterocycles. The quantitative estimate of drug-likeness (QED) is 0.424. The number of benzene rings is 3. The summed E-state index contributed by atoms with van der Waals surface area (Å²) in [7, 11) is 0. The normalized spacial score (nSPS) is 13.1. The summed E-state index contributed by atoms with van der Waals surface area (Å²) in [5, 5.41) is 2.26. The number of hydrogen-bond acceptors (Lipinski definition) is 4. The van der Waals surface area contributed by atoms with Gasteiger partial charge in [-0.2, -0.15) is 0 Å². The van der Waals surface area contributed by atoms with Crippen LogP contribution in [0.25, 0.3) is 20.9 Å². The number of ketones is 2. The molecule has 25 heavy (non-hydrogen) atoms. The molecule has 0 N–H and O–H groups in total. The fourth-order valence-corrected chi connectivity index (χ4v) is 4.51. The summed E-state index contributed by atoms with van der Waals surface area (Å²) in [6, 6.07) is 18.1. The molecule has 3 nitrogen and oxygen atoms in total. The molecule has 0 radical (unpaired) electrons. The van der Waals surface area contributed by atoms with Gasteiger partial charge in [-0.05, 0) is 35.0 Å². The molecule has 5 rings (SSSR count). The van der Waals surface area contributed by atoms with Gasteiger partial charge in [0.2, 0.25) is 5.78 Å². The first-order chi connectivity index (χ1) is 12.1. The molecule has 4 heteroatoms. The van der Waals surface area contributed by atoms with E-state index in [0.29, 0.717) is 16.5 Å². The van der Waals surface area contributed by atoms with Crippen molar-refractivity contribution in [1.29, 1.82) is 0 Å². The first-order valence-electron chi connectivity index (χ1n) is 7.83. The van der Waals surface area contributed by atoms with Gasteiger partial charge in [0.1, 0.15) is 0 Å². The van der Waals surface area contributed by atoms with Crippen LogP contribution in [0, 0.1) is 0 Å². The maximum absolute atomic E-state index is 13.0. The van der Waals surface area contributed by atoms with E-state index in [1.54, 1.807) is 30.3 Å². The molecule has 0 atom stereocenters. The Morgan fingerprint density at radius 1 is 0.680 bits per heavy atom. The monoisotopic (exact) mass is 342 g/mol. The van der Waals surface area contributed by atoms with Gasteiger partial charge >= 0.3 is 0 Å². The number of rotatable bonds is 0. The van der Waals surface area contributed by atoms with E-state index in [4.69, 9.17) is 0 Å². The maximum Gasteiger partial charge on any atom is 0.204 e. The summed E-state index contributed by atoms with van der Waals surface area (Å²) in [5.41, 5.74) is 0.343. The Bertz CT molecular complexity index is 1300. The van der Waals surface area contributed by atoms with Gasteiger partial charge in [-0.3, -0.25) is 14.4 Å². The number of carbonyl (C=O) groups is 2. The molecule has 4 aromatic rings. The van der Waals surface area contributed by atoms with Gasteiger partial charge in [0, 0.05) is 21.2 Å². The minimum absolute atomic E-state index is 0.0106. The van der Waals surface area contributed by atoms with Crippen molar-refractivity contribution in [2.75, 3.05) is 0 Å². The van der Waals surface area contributed by atoms with Crippen LogP contribution in [0.4, 0.5) is 0 Å². The highest BCUT2D eigenvalue weighted by atomic mass is 32.1. The summed E-state index contributed by atoms with van der Waals surface area (Å²) in [6.45, 7) is 0. The van der Waals surface area contributed by atoms with E-state index < -0.39 is 0 Å². The summed E-state index contributed by atoms with van der Waals surface area (Å²) in [6.07, 6.45) is 0. The predicted molar refractivity (Wildman–Crippen MR) is 98.9 cm³/mol. The highest BCUT2D eigenvalue weighted by molar-refractivity contribution is 7.20. The van der Waals surface area contributed by atoms with Crippen molar-refractivity contribution in [3.8, 4) is 0 Å². The van der Waals surface area contributed by atoms with Crippen LogP contribution in [0.15, 0.2) is 65.5 Å². The minimum Gasteiger partial charge on any atom is -0.288 e. The van der Waals surface area contributed by atoms with E-state index >= 15 is 0 Å². The third-order valence-electron chi connectivity index (χ3n) is 4.61. The lowest BCUT2D eigenvalue weighted by Gasteiger charge is -2.17. The summed E-state index contributed by atoms with van der Waals surface area (Å²) in [5.74, 6) is -0.606. The van der Waals surface area contributed by atoms with Gasteiger partial charge in [0.25, 0.3) is 0 Å². The van der Waals surface area contributed by atoms with Crippen LogP contribution in [-0.2, 0) is 0 Å². The fourth-order valence-electron chi connectivity index (χ4n) is 3.38. The van der Waals surface area contributed by atoms with Crippen molar-refractivity contribution in [3.05, 3.63) is 92.5 Å². The van der Waals surface area contributed by atoms with E-state index in [0.717, 1.165) is 15.5 Å². The smallest absolute Gasteiger partial charge is 0.204 e. The summed E-state index contributed by atoms with van der Waals surface area (Å²) in [4.78, 5) is 39.1. The molecule has 0 unspecified atom stereocenters. The van der Waals surface area contributed by atoms with Crippen molar-refractivity contribution < 1.29 is 9.59 Å². The lowest BCUT2D eigenvalue weighted by Crippen LogP contribution is -2.27. The first kappa shape index (κ1) is 14.3. The van der Waals surface area contributed by atoms with Gasteiger partial charge in [-0.15, -0.1) is 11.3 Å². The maximum atomic E-state index is 13.0. The van der Waals surface area contributed by atoms with E-state index in [-0.39, 0.29) is 27.4 Å². The summed E-state index contributed by atoms with van der Waals surface area (Å²) >= 11 is 1.21. The number of carbonyl (C=O) groups excluding carboxylic acids is 2. The second-order valence-corrected chi connectivity index (χ2v) is 7.09. The van der Waals surface area contributed by atoms with Crippen LogP contribution >= 0.6 is 11.3 Å². The minimum atomic E-state index is -0.360. The average molecular weight is 342 g/mol. The lowest BCUT2D eigenvalue weighted by atomic mass is 9.86. The first-order valence-corrected chi connectivity index (χ1v) is 8.65. The molecular weight excluding hydrogens is 332 g/mol. The Morgan fingerprint density at radius 3 is 2.00 bits per heavy atom. The average Bonchev–Trinajstić information content (AvgIpc) is 2.65. The molecule has 0 saturated heterocycles. The van der Waals surface area contributed by atoms with Crippen molar-refractivity contribution in [2.24, 2.45) is 0 Å². The zero-order valence-electron chi connectivity index (χ0n) is 12.9. The fraction of sp³-hybridized carbons (Fsp3) is 0. The van der Waals surface area contributed by atoms with Crippen LogP contribution in [0.2, 0.25) is 0 Å². The largest absolute Gasteiger partial charge is 0.288 e. The molecule has 118 valence electrons. The molecule has 1 aromatic heterocycles. The molecule has 1 aliphatic carbocycles. The molecule has 0 aliphatic heterocycles. The van der Waals surface area contributed by atoms with Crippen LogP contribution in [-0.4, -0.2) is 11.6 Å². The molecule has 0 saturated carbocycles. The third-order valence-corrected chi connectivity index (χ3v) is 5.78. The second kappa shape index (κ2) is 4.94. The van der Waals surface area contributed by atoms with Gasteiger partial charge in [-0.25, -0.2) is 0 Å². The number of fused-ring (bicyclic) bond motifs is 4. The van der Waals surface area contributed by atoms with Crippen molar-refractivity contribution >= 4 is 43.8 Å². The molecule has 0 bridgehead atoms. The zero-order chi connectivity index (χ0) is 17.1. The van der Waals surface area contributed by atoms with Crippen molar-refractivity contribution in [1.82, 2.24) is 0 Å². The van der Waals surface area contributed by atoms with E-state index in [1.165, 1.54) is 11.3 Å². The molecule has 0 fully saturated rings. The summed E-state index contributed by atoms with van der Waals surface area (Å²) < 4.78 is 0.719. The zero-order valence-corrected chi connectivity index (χ0v) is 13.7. The molecule has 0 amide bonds. The Balaban J connectivity index is 1.90. The van der Waals surface area contributed by atoms with E-state index in [9.17, 15) is 14.4 Å². The standard InChI is InChI=1S/C21H10O3S/c22-18-13-7-3-4-8-16(13)25-21-17(18)19(23)14-9-11-5-1-2-6-12(11)10-15(14)20(21)24/h1-10H. The van der Waals surface area contributed by atoms with Gasteiger partial charge in [-0.1, -0.05) is 36.4 Å². The second-order valence-electron chi connectivity index (χ2n) is 6.03. The van der Waals surface area contributed by atoms with Crippen LogP contribution in [0.3, 0.4) is 0 Å². The molecular formula is C21H10O3S. The van der Waals surface area contributed by atoms with E-state index in [1.807, 2.05) is 30.3 Å². The Hall–Kier alpha value is -3.11. The molecule has 3 aromatic carbocycles. The highest BCUT2D eigenvalue weighted by Gasteiger charge is 2.33. The van der Waals surface area contributed by atoms with Crippen LogP contribution in [0.1, 0.15) is 31.2 Å². The Morgan fingerprint density at radius 2 is 1.28 bits per heavy atom. The molecule has 1 aliphatic rings. The van der Waals surface area contributed by atoms with E-state index in [2.05, 4.69) is 0 Å². The Kier molecular flexibility index (Phi) is 2.82. The lowest BCUT2D eigenvalue weighted by molar-refractivity contribution is 0.0981.